The Morgan fingerprint density at radius 3 is 1.85 bits per heavy atom. The molecule has 0 saturated heterocycles. The van der Waals surface area contributed by atoms with E-state index in [0.29, 0.717) is 13.2 Å². The Morgan fingerprint density at radius 1 is 1.08 bits per heavy atom. The Labute approximate surface area is 76.0 Å². The first-order chi connectivity index (χ1) is 5.99. The molecule has 0 amide bonds. The van der Waals surface area contributed by atoms with Gasteiger partial charge in [0.15, 0.2) is 6.29 Å². The molecule has 0 heterocycles. The number of alkyl halides is 3. The van der Waals surface area contributed by atoms with Crippen LogP contribution in [0.3, 0.4) is 0 Å². The van der Waals surface area contributed by atoms with E-state index in [2.05, 4.69) is 0 Å². The predicted molar refractivity (Wildman–Crippen MR) is 42.3 cm³/mol. The molecule has 0 atom stereocenters. The molecule has 0 fully saturated rings. The van der Waals surface area contributed by atoms with Crippen molar-refractivity contribution in [1.82, 2.24) is 0 Å². The van der Waals surface area contributed by atoms with Crippen LogP contribution in [-0.2, 0) is 9.47 Å². The fourth-order valence-electron chi connectivity index (χ4n) is 0.868. The smallest absolute Gasteiger partial charge is 0.353 e. The van der Waals surface area contributed by atoms with Crippen molar-refractivity contribution in [2.24, 2.45) is 0 Å². The summed E-state index contributed by atoms with van der Waals surface area (Å²) in [6.45, 7) is 4.17. The van der Waals surface area contributed by atoms with Gasteiger partial charge < -0.3 is 9.47 Å². The predicted octanol–water partition coefficient (Wildman–Crippen LogP) is 2.73. The molecule has 0 bridgehead atoms. The number of ether oxygens (including phenoxy) is 2. The van der Waals surface area contributed by atoms with Crippen molar-refractivity contribution in [3.05, 3.63) is 0 Å². The Hall–Kier alpha value is -0.290. The van der Waals surface area contributed by atoms with Crippen molar-refractivity contribution >= 4 is 0 Å². The van der Waals surface area contributed by atoms with E-state index in [0.717, 1.165) is 0 Å². The van der Waals surface area contributed by atoms with E-state index in [1.807, 2.05) is 0 Å². The molecule has 0 aromatic carbocycles. The van der Waals surface area contributed by atoms with Gasteiger partial charge in [-0.25, -0.2) is 0 Å². The molecule has 0 unspecified atom stereocenters. The summed E-state index contributed by atoms with van der Waals surface area (Å²) in [5, 5.41) is 0. The van der Waals surface area contributed by atoms with Crippen molar-refractivity contribution in [3.8, 4) is 0 Å². The topological polar surface area (TPSA) is 18.5 Å². The summed E-state index contributed by atoms with van der Waals surface area (Å²) in [5.74, 6) is 0. The lowest BCUT2D eigenvalue weighted by Crippen LogP contribution is -2.20. The third-order valence-electron chi connectivity index (χ3n) is 1.37. The lowest BCUT2D eigenvalue weighted by Gasteiger charge is -2.17. The standard InChI is InChI=1S/C8H15F3O2/c1-3-12-7(13-4-2)5-6-8(9,10)11/h7H,3-6H2,1-2H3. The SMILES string of the molecule is CCOC(CCC(F)(F)F)OCC. The van der Waals surface area contributed by atoms with Crippen molar-refractivity contribution < 1.29 is 22.6 Å². The van der Waals surface area contributed by atoms with Gasteiger partial charge in [0, 0.05) is 26.1 Å². The van der Waals surface area contributed by atoms with Crippen LogP contribution >= 0.6 is 0 Å². The first-order valence-electron chi connectivity index (χ1n) is 4.29. The third-order valence-corrected chi connectivity index (χ3v) is 1.37. The lowest BCUT2D eigenvalue weighted by atomic mass is 10.3. The minimum absolute atomic E-state index is 0.134. The van der Waals surface area contributed by atoms with Gasteiger partial charge in [-0.05, 0) is 13.8 Å². The average molecular weight is 200 g/mol. The molecule has 0 aliphatic carbocycles. The van der Waals surface area contributed by atoms with Gasteiger partial charge in [0.1, 0.15) is 0 Å². The zero-order valence-corrected chi connectivity index (χ0v) is 7.86. The monoisotopic (exact) mass is 200 g/mol. The Balaban J connectivity index is 3.68. The van der Waals surface area contributed by atoms with E-state index >= 15 is 0 Å². The number of halogens is 3. The number of hydrogen-bond acceptors (Lipinski definition) is 2. The molecule has 80 valence electrons. The zero-order valence-electron chi connectivity index (χ0n) is 7.86. The van der Waals surface area contributed by atoms with Crippen molar-refractivity contribution in [3.63, 3.8) is 0 Å². The first-order valence-corrected chi connectivity index (χ1v) is 4.29. The van der Waals surface area contributed by atoms with Gasteiger partial charge in [0.2, 0.25) is 0 Å². The van der Waals surface area contributed by atoms with Gasteiger partial charge in [0.25, 0.3) is 0 Å². The summed E-state index contributed by atoms with van der Waals surface area (Å²) in [6, 6.07) is 0. The van der Waals surface area contributed by atoms with E-state index in [1.165, 1.54) is 0 Å². The molecule has 2 nitrogen and oxygen atoms in total. The van der Waals surface area contributed by atoms with Crippen LogP contribution in [-0.4, -0.2) is 25.7 Å². The molecule has 0 N–H and O–H groups in total. The van der Waals surface area contributed by atoms with Crippen LogP contribution in [0.25, 0.3) is 0 Å². The zero-order chi connectivity index (χ0) is 10.3. The van der Waals surface area contributed by atoms with Gasteiger partial charge in [-0.1, -0.05) is 0 Å². The van der Waals surface area contributed by atoms with E-state index < -0.39 is 18.9 Å². The molecule has 0 spiro atoms. The molecular weight excluding hydrogens is 185 g/mol. The van der Waals surface area contributed by atoms with E-state index in [9.17, 15) is 13.2 Å². The molecule has 0 aromatic rings. The van der Waals surface area contributed by atoms with Gasteiger partial charge in [-0.15, -0.1) is 0 Å². The van der Waals surface area contributed by atoms with Gasteiger partial charge in [0.05, 0.1) is 0 Å². The molecule has 0 radical (unpaired) electrons. The average Bonchev–Trinajstić information content (AvgIpc) is 2.00. The molecule has 5 heteroatoms. The quantitative estimate of drug-likeness (QED) is 0.614. The summed E-state index contributed by atoms with van der Waals surface area (Å²) in [4.78, 5) is 0. The summed E-state index contributed by atoms with van der Waals surface area (Å²) in [5.41, 5.74) is 0. The largest absolute Gasteiger partial charge is 0.389 e. The molecule has 0 aromatic heterocycles. The molecular formula is C8H15F3O2. The highest BCUT2D eigenvalue weighted by molar-refractivity contribution is 4.53. The van der Waals surface area contributed by atoms with Crippen LogP contribution in [0.2, 0.25) is 0 Å². The molecule has 0 aliphatic heterocycles. The maximum atomic E-state index is 11.8. The van der Waals surface area contributed by atoms with Crippen LogP contribution in [0, 0.1) is 0 Å². The molecule has 0 saturated carbocycles. The van der Waals surface area contributed by atoms with Crippen molar-refractivity contribution in [2.45, 2.75) is 39.2 Å². The van der Waals surface area contributed by atoms with Gasteiger partial charge in [-0.3, -0.25) is 0 Å². The van der Waals surface area contributed by atoms with E-state index in [1.54, 1.807) is 13.8 Å². The molecule has 13 heavy (non-hydrogen) atoms. The van der Waals surface area contributed by atoms with Crippen LogP contribution in [0.15, 0.2) is 0 Å². The normalized spacial score (nSPS) is 12.5. The van der Waals surface area contributed by atoms with Crippen molar-refractivity contribution in [2.75, 3.05) is 13.2 Å². The second-order valence-corrected chi connectivity index (χ2v) is 2.49. The Bertz CT molecular complexity index is 119. The minimum Gasteiger partial charge on any atom is -0.353 e. The fraction of sp³-hybridized carbons (Fsp3) is 1.00. The third kappa shape index (κ3) is 8.05. The van der Waals surface area contributed by atoms with Crippen molar-refractivity contribution in [1.29, 1.82) is 0 Å². The van der Waals surface area contributed by atoms with E-state index in [4.69, 9.17) is 9.47 Å². The maximum absolute atomic E-state index is 11.8. The second kappa shape index (κ2) is 6.21. The molecule has 0 aliphatic rings. The summed E-state index contributed by atoms with van der Waals surface area (Å²) >= 11 is 0. The minimum atomic E-state index is -4.13. The van der Waals surface area contributed by atoms with E-state index in [-0.39, 0.29) is 6.42 Å². The van der Waals surface area contributed by atoms with Crippen LogP contribution in [0.5, 0.6) is 0 Å². The summed E-state index contributed by atoms with van der Waals surface area (Å²) < 4.78 is 45.3. The maximum Gasteiger partial charge on any atom is 0.389 e. The highest BCUT2D eigenvalue weighted by Gasteiger charge is 2.28. The highest BCUT2D eigenvalue weighted by Crippen LogP contribution is 2.23. The summed E-state index contributed by atoms with van der Waals surface area (Å²) in [6.07, 6.45) is -5.86. The molecule has 0 rings (SSSR count). The number of hydrogen-bond donors (Lipinski definition) is 0. The second-order valence-electron chi connectivity index (χ2n) is 2.49. The fourth-order valence-corrected chi connectivity index (χ4v) is 0.868. The van der Waals surface area contributed by atoms with Crippen LogP contribution in [0.4, 0.5) is 13.2 Å². The first kappa shape index (κ1) is 12.7. The highest BCUT2D eigenvalue weighted by atomic mass is 19.4. The summed E-state index contributed by atoms with van der Waals surface area (Å²) in [7, 11) is 0. The van der Waals surface area contributed by atoms with Crippen LogP contribution in [0.1, 0.15) is 26.7 Å². The number of rotatable bonds is 6. The lowest BCUT2D eigenvalue weighted by molar-refractivity contribution is -0.177. The Morgan fingerprint density at radius 2 is 1.54 bits per heavy atom. The van der Waals surface area contributed by atoms with Gasteiger partial charge in [-0.2, -0.15) is 13.2 Å². The van der Waals surface area contributed by atoms with Crippen LogP contribution < -0.4 is 0 Å². The van der Waals surface area contributed by atoms with Gasteiger partial charge >= 0.3 is 6.18 Å². The Kier molecular flexibility index (Phi) is 6.07.